The predicted molar refractivity (Wildman–Crippen MR) is 149 cm³/mol. The second-order valence-corrected chi connectivity index (χ2v) is 12.5. The number of carbonyl (C=O) groups is 3. The van der Waals surface area contributed by atoms with Crippen LogP contribution in [0.2, 0.25) is 0 Å². The highest BCUT2D eigenvalue weighted by atomic mass is 16.5. The first-order chi connectivity index (χ1) is 18.0. The van der Waals surface area contributed by atoms with Gasteiger partial charge in [-0.3, -0.25) is 19.3 Å². The van der Waals surface area contributed by atoms with Gasteiger partial charge in [0.15, 0.2) is 5.78 Å². The molecule has 210 valence electrons. The normalized spacial score (nSPS) is 25.1. The summed E-state index contributed by atoms with van der Waals surface area (Å²) in [7, 11) is 0. The van der Waals surface area contributed by atoms with Crippen LogP contribution in [0.25, 0.3) is 0 Å². The highest BCUT2D eigenvalue weighted by molar-refractivity contribution is 5.99. The monoisotopic (exact) mass is 526 g/mol. The number of amides is 2. The van der Waals surface area contributed by atoms with Gasteiger partial charge in [0, 0.05) is 49.9 Å². The van der Waals surface area contributed by atoms with E-state index >= 15 is 0 Å². The first-order valence-electron chi connectivity index (χ1n) is 14.4. The van der Waals surface area contributed by atoms with Gasteiger partial charge < -0.3 is 20.3 Å². The van der Waals surface area contributed by atoms with E-state index in [9.17, 15) is 14.4 Å². The number of likely N-dealkylation sites (tertiary alicyclic amines) is 1. The molecule has 4 rings (SSSR count). The SMILES string of the molecule is CCC[C@@H]1CN(C(=O)[C@@H](CC(C)(C)C)c2cc(N3CCN(CCC)CC3)ccc2C(N)=O)[C@@H]2C(=O)CO[C@H]12. The second kappa shape index (κ2) is 11.7. The lowest BCUT2D eigenvalue weighted by atomic mass is 9.79. The molecule has 0 aromatic heterocycles. The van der Waals surface area contributed by atoms with Gasteiger partial charge in [0.05, 0.1) is 12.0 Å². The maximum absolute atomic E-state index is 14.4. The number of piperazine rings is 1. The van der Waals surface area contributed by atoms with Crippen LogP contribution in [0.5, 0.6) is 0 Å². The zero-order valence-corrected chi connectivity index (χ0v) is 23.9. The van der Waals surface area contributed by atoms with E-state index in [2.05, 4.69) is 44.4 Å². The molecule has 0 bridgehead atoms. The summed E-state index contributed by atoms with van der Waals surface area (Å²) in [6.07, 6.45) is 3.33. The van der Waals surface area contributed by atoms with Crippen LogP contribution in [0.4, 0.5) is 5.69 Å². The van der Waals surface area contributed by atoms with Crippen molar-refractivity contribution in [2.75, 3.05) is 50.8 Å². The Balaban J connectivity index is 1.69. The standard InChI is InChI=1S/C30H46N4O4/c1-6-8-20-18-34(26-25(35)19-38-27(20)26)29(37)24(17-30(3,4)5)23-16-21(9-10-22(23)28(31)36)33-14-12-32(11-7-2)13-15-33/h9-10,16,20,24,26-27H,6-8,11-15,17-19H2,1-5H3,(H2,31,36)/t20-,24+,26-,27-/m1/s1. The third-order valence-electron chi connectivity index (χ3n) is 8.30. The van der Waals surface area contributed by atoms with E-state index in [1.54, 1.807) is 11.0 Å². The van der Waals surface area contributed by atoms with Crippen molar-refractivity contribution < 1.29 is 19.1 Å². The van der Waals surface area contributed by atoms with E-state index in [1.165, 1.54) is 0 Å². The molecule has 8 nitrogen and oxygen atoms in total. The number of anilines is 1. The highest BCUT2D eigenvalue weighted by Gasteiger charge is 2.53. The van der Waals surface area contributed by atoms with Gasteiger partial charge >= 0.3 is 0 Å². The molecule has 0 radical (unpaired) electrons. The Bertz CT molecular complexity index is 1030. The molecule has 3 fully saturated rings. The summed E-state index contributed by atoms with van der Waals surface area (Å²) in [4.78, 5) is 46.4. The van der Waals surface area contributed by atoms with Crippen molar-refractivity contribution in [3.8, 4) is 0 Å². The lowest BCUT2D eigenvalue weighted by molar-refractivity contribution is -0.138. The molecule has 2 amide bonds. The zero-order chi connectivity index (χ0) is 27.6. The number of hydrogen-bond donors (Lipinski definition) is 1. The lowest BCUT2D eigenvalue weighted by Gasteiger charge is -2.37. The number of benzene rings is 1. The Morgan fingerprint density at radius 3 is 2.42 bits per heavy atom. The maximum atomic E-state index is 14.4. The Kier molecular flexibility index (Phi) is 8.82. The van der Waals surface area contributed by atoms with Gasteiger partial charge in [-0.2, -0.15) is 0 Å². The molecule has 1 aromatic carbocycles. The van der Waals surface area contributed by atoms with E-state index in [0.29, 0.717) is 24.1 Å². The third kappa shape index (κ3) is 6.07. The van der Waals surface area contributed by atoms with Crippen LogP contribution in [-0.4, -0.2) is 85.4 Å². The topological polar surface area (TPSA) is 96.2 Å². The summed E-state index contributed by atoms with van der Waals surface area (Å²) >= 11 is 0. The minimum absolute atomic E-state index is 0.0229. The molecule has 3 saturated heterocycles. The van der Waals surface area contributed by atoms with Crippen LogP contribution >= 0.6 is 0 Å². The van der Waals surface area contributed by atoms with Crippen molar-refractivity contribution in [1.82, 2.24) is 9.80 Å². The Morgan fingerprint density at radius 2 is 1.82 bits per heavy atom. The summed E-state index contributed by atoms with van der Waals surface area (Å²) in [5.41, 5.74) is 7.74. The molecule has 38 heavy (non-hydrogen) atoms. The molecule has 0 spiro atoms. The first-order valence-corrected chi connectivity index (χ1v) is 14.4. The van der Waals surface area contributed by atoms with Gasteiger partial charge in [0.1, 0.15) is 12.6 Å². The van der Waals surface area contributed by atoms with Crippen molar-refractivity contribution in [3.63, 3.8) is 0 Å². The maximum Gasteiger partial charge on any atom is 0.249 e. The molecule has 2 N–H and O–H groups in total. The first kappa shape index (κ1) is 28.6. The largest absolute Gasteiger partial charge is 0.369 e. The van der Waals surface area contributed by atoms with Crippen molar-refractivity contribution >= 4 is 23.3 Å². The molecule has 0 unspecified atom stereocenters. The van der Waals surface area contributed by atoms with Gasteiger partial charge in [0.25, 0.3) is 0 Å². The summed E-state index contributed by atoms with van der Waals surface area (Å²) in [5.74, 6) is -1.08. The fourth-order valence-electron chi connectivity index (χ4n) is 6.55. The number of nitrogens with two attached hydrogens (primary N) is 1. The zero-order valence-electron chi connectivity index (χ0n) is 23.9. The third-order valence-corrected chi connectivity index (χ3v) is 8.30. The number of ketones is 1. The molecule has 4 atom stereocenters. The molecular weight excluding hydrogens is 480 g/mol. The highest BCUT2D eigenvalue weighted by Crippen LogP contribution is 2.41. The van der Waals surface area contributed by atoms with E-state index in [-0.39, 0.29) is 35.7 Å². The summed E-state index contributed by atoms with van der Waals surface area (Å²) < 4.78 is 5.88. The van der Waals surface area contributed by atoms with Crippen molar-refractivity contribution in [2.45, 2.75) is 78.4 Å². The number of carbonyl (C=O) groups excluding carboxylic acids is 3. The van der Waals surface area contributed by atoms with E-state index in [0.717, 1.165) is 57.7 Å². The molecule has 1 aromatic rings. The Hall–Kier alpha value is -2.45. The molecular formula is C30H46N4O4. The molecule has 3 heterocycles. The number of hydrogen-bond acceptors (Lipinski definition) is 6. The van der Waals surface area contributed by atoms with Gasteiger partial charge in [-0.15, -0.1) is 0 Å². The Labute approximate surface area is 227 Å². The quantitative estimate of drug-likeness (QED) is 0.530. The lowest BCUT2D eigenvalue weighted by Crippen LogP contribution is -2.46. The number of primary amides is 1. The van der Waals surface area contributed by atoms with Gasteiger partial charge in [0.2, 0.25) is 11.8 Å². The van der Waals surface area contributed by atoms with E-state index < -0.39 is 17.9 Å². The molecule has 3 aliphatic rings. The van der Waals surface area contributed by atoms with Gasteiger partial charge in [-0.05, 0) is 55.0 Å². The van der Waals surface area contributed by atoms with Crippen LogP contribution in [0.3, 0.4) is 0 Å². The number of Topliss-reactive ketones (excluding diaryl/α,β-unsaturated/α-hetero) is 1. The molecule has 8 heteroatoms. The van der Waals surface area contributed by atoms with Gasteiger partial charge in [-0.1, -0.05) is 41.0 Å². The van der Waals surface area contributed by atoms with Crippen LogP contribution < -0.4 is 10.6 Å². The van der Waals surface area contributed by atoms with Crippen LogP contribution in [0, 0.1) is 11.3 Å². The van der Waals surface area contributed by atoms with Crippen molar-refractivity contribution in [1.29, 1.82) is 0 Å². The fourth-order valence-corrected chi connectivity index (χ4v) is 6.55. The van der Waals surface area contributed by atoms with E-state index in [4.69, 9.17) is 10.5 Å². The number of nitrogens with zero attached hydrogens (tertiary/aromatic N) is 3. The van der Waals surface area contributed by atoms with Crippen LogP contribution in [0.1, 0.15) is 82.1 Å². The number of ether oxygens (including phenoxy) is 1. The summed E-state index contributed by atoms with van der Waals surface area (Å²) in [6, 6.07) is 5.21. The molecule has 3 aliphatic heterocycles. The fraction of sp³-hybridized carbons (Fsp3) is 0.700. The average molecular weight is 527 g/mol. The van der Waals surface area contributed by atoms with Crippen molar-refractivity contribution in [2.24, 2.45) is 17.1 Å². The minimum Gasteiger partial charge on any atom is -0.369 e. The predicted octanol–water partition coefficient (Wildman–Crippen LogP) is 3.43. The smallest absolute Gasteiger partial charge is 0.249 e. The minimum atomic E-state index is -0.576. The Morgan fingerprint density at radius 1 is 1.11 bits per heavy atom. The number of rotatable bonds is 9. The number of fused-ring (bicyclic) bond motifs is 1. The summed E-state index contributed by atoms with van der Waals surface area (Å²) in [5, 5.41) is 0. The van der Waals surface area contributed by atoms with Crippen molar-refractivity contribution in [3.05, 3.63) is 29.3 Å². The van der Waals surface area contributed by atoms with Gasteiger partial charge in [-0.25, -0.2) is 0 Å². The molecule has 0 aliphatic carbocycles. The molecule has 0 saturated carbocycles. The average Bonchev–Trinajstić information content (AvgIpc) is 3.43. The summed E-state index contributed by atoms with van der Waals surface area (Å²) in [6.45, 7) is 16.1. The second-order valence-electron chi connectivity index (χ2n) is 12.5. The van der Waals surface area contributed by atoms with Crippen LogP contribution in [0.15, 0.2) is 18.2 Å². The van der Waals surface area contributed by atoms with Crippen LogP contribution in [-0.2, 0) is 14.3 Å². The van der Waals surface area contributed by atoms with E-state index in [1.807, 2.05) is 12.1 Å².